The first kappa shape index (κ1) is 10.2. The summed E-state index contributed by atoms with van der Waals surface area (Å²) in [5.74, 6) is 0. The van der Waals surface area contributed by atoms with Gasteiger partial charge in [-0.3, -0.25) is 4.90 Å². The van der Waals surface area contributed by atoms with Crippen molar-refractivity contribution < 1.29 is 13.2 Å². The number of alkyl halides is 3. The zero-order chi connectivity index (χ0) is 10.2. The molecular weight excluding hydrogens is 193 g/mol. The molecule has 0 amide bonds. The minimum absolute atomic E-state index is 0.0556. The van der Waals surface area contributed by atoms with Gasteiger partial charge in [0, 0.05) is 19.1 Å². The maximum absolute atomic E-state index is 12.7. The van der Waals surface area contributed by atoms with Crippen molar-refractivity contribution in [2.45, 2.75) is 37.5 Å². The molecular formula is C9H15F3N2. The zero-order valence-electron chi connectivity index (χ0n) is 7.98. The van der Waals surface area contributed by atoms with Gasteiger partial charge in [0.05, 0.1) is 0 Å². The molecule has 1 aliphatic heterocycles. The lowest BCUT2D eigenvalue weighted by Gasteiger charge is -2.31. The molecule has 1 unspecified atom stereocenters. The van der Waals surface area contributed by atoms with Crippen molar-refractivity contribution in [2.75, 3.05) is 19.6 Å². The van der Waals surface area contributed by atoms with Gasteiger partial charge in [0.25, 0.3) is 0 Å². The van der Waals surface area contributed by atoms with Gasteiger partial charge in [-0.05, 0) is 25.8 Å². The molecule has 1 aliphatic carbocycles. The van der Waals surface area contributed by atoms with E-state index in [9.17, 15) is 13.2 Å². The van der Waals surface area contributed by atoms with Gasteiger partial charge < -0.3 is 5.32 Å². The van der Waals surface area contributed by atoms with Crippen LogP contribution in [-0.2, 0) is 0 Å². The predicted octanol–water partition coefficient (Wildman–Crippen LogP) is 1.37. The molecule has 0 bridgehead atoms. The standard InChI is InChI=1S/C9H15F3N2/c10-9(11,12)8-6-13-4-1-5-14(8)7-2-3-7/h7-8,13H,1-6H2. The maximum Gasteiger partial charge on any atom is 0.405 e. The number of rotatable bonds is 1. The molecule has 2 rings (SSSR count). The molecule has 1 N–H and O–H groups in total. The molecule has 0 aromatic carbocycles. The normalized spacial score (nSPS) is 31.5. The van der Waals surface area contributed by atoms with Gasteiger partial charge in [-0.1, -0.05) is 0 Å². The predicted molar refractivity (Wildman–Crippen MR) is 47.1 cm³/mol. The van der Waals surface area contributed by atoms with Crippen LogP contribution >= 0.6 is 0 Å². The minimum atomic E-state index is -4.08. The fourth-order valence-electron chi connectivity index (χ4n) is 2.05. The summed E-state index contributed by atoms with van der Waals surface area (Å²) in [7, 11) is 0. The Morgan fingerprint density at radius 2 is 1.93 bits per heavy atom. The average Bonchev–Trinajstić information content (AvgIpc) is 2.89. The van der Waals surface area contributed by atoms with Gasteiger partial charge in [-0.15, -0.1) is 0 Å². The van der Waals surface area contributed by atoms with E-state index in [1.807, 2.05) is 0 Å². The summed E-state index contributed by atoms with van der Waals surface area (Å²) in [5.41, 5.74) is 0. The highest BCUT2D eigenvalue weighted by atomic mass is 19.4. The number of nitrogens with one attached hydrogen (secondary N) is 1. The largest absolute Gasteiger partial charge is 0.405 e. The van der Waals surface area contributed by atoms with Crippen LogP contribution in [0.1, 0.15) is 19.3 Å². The third-order valence-electron chi connectivity index (χ3n) is 2.90. The Morgan fingerprint density at radius 3 is 2.50 bits per heavy atom. The van der Waals surface area contributed by atoms with Crippen LogP contribution in [0, 0.1) is 0 Å². The van der Waals surface area contributed by atoms with Gasteiger partial charge in [0.15, 0.2) is 0 Å². The molecule has 0 aromatic heterocycles. The molecule has 0 spiro atoms. The van der Waals surface area contributed by atoms with E-state index in [1.54, 1.807) is 4.90 Å². The molecule has 1 saturated heterocycles. The molecule has 1 atom stereocenters. The highest BCUT2D eigenvalue weighted by molar-refractivity contribution is 4.93. The van der Waals surface area contributed by atoms with Crippen molar-refractivity contribution >= 4 is 0 Å². The molecule has 14 heavy (non-hydrogen) atoms. The topological polar surface area (TPSA) is 15.3 Å². The highest BCUT2D eigenvalue weighted by Crippen LogP contribution is 2.34. The van der Waals surface area contributed by atoms with Crippen molar-refractivity contribution in [3.63, 3.8) is 0 Å². The van der Waals surface area contributed by atoms with E-state index in [0.717, 1.165) is 19.3 Å². The SMILES string of the molecule is FC(F)(F)C1CNCCCN1C1CC1. The van der Waals surface area contributed by atoms with E-state index in [2.05, 4.69) is 5.32 Å². The van der Waals surface area contributed by atoms with E-state index in [-0.39, 0.29) is 12.6 Å². The van der Waals surface area contributed by atoms with Crippen LogP contribution in [0.5, 0.6) is 0 Å². The van der Waals surface area contributed by atoms with Crippen LogP contribution in [0.3, 0.4) is 0 Å². The van der Waals surface area contributed by atoms with Gasteiger partial charge in [0.2, 0.25) is 0 Å². The van der Waals surface area contributed by atoms with Gasteiger partial charge in [-0.25, -0.2) is 0 Å². The van der Waals surface area contributed by atoms with Gasteiger partial charge >= 0.3 is 6.18 Å². The third kappa shape index (κ3) is 2.20. The molecule has 0 aromatic rings. The van der Waals surface area contributed by atoms with Crippen molar-refractivity contribution in [2.24, 2.45) is 0 Å². The summed E-state index contributed by atoms with van der Waals surface area (Å²) in [5, 5.41) is 2.85. The first-order valence-corrected chi connectivity index (χ1v) is 5.12. The highest BCUT2D eigenvalue weighted by Gasteiger charge is 2.47. The van der Waals surface area contributed by atoms with E-state index in [4.69, 9.17) is 0 Å². The van der Waals surface area contributed by atoms with E-state index in [0.29, 0.717) is 13.1 Å². The third-order valence-corrected chi connectivity index (χ3v) is 2.90. The molecule has 1 heterocycles. The minimum Gasteiger partial charge on any atom is -0.315 e. The van der Waals surface area contributed by atoms with E-state index >= 15 is 0 Å². The van der Waals surface area contributed by atoms with Crippen LogP contribution < -0.4 is 5.32 Å². The first-order chi connectivity index (χ1) is 6.59. The van der Waals surface area contributed by atoms with Gasteiger partial charge in [-0.2, -0.15) is 13.2 Å². The van der Waals surface area contributed by atoms with Crippen LogP contribution in [0.4, 0.5) is 13.2 Å². The Balaban J connectivity index is 2.07. The van der Waals surface area contributed by atoms with Crippen molar-refractivity contribution in [3.8, 4) is 0 Å². The zero-order valence-corrected chi connectivity index (χ0v) is 7.98. The summed E-state index contributed by atoms with van der Waals surface area (Å²) in [6.07, 6.45) is -1.39. The van der Waals surface area contributed by atoms with Crippen LogP contribution in [0.15, 0.2) is 0 Å². The number of halogens is 3. The quantitative estimate of drug-likeness (QED) is 0.700. The molecule has 5 heteroatoms. The fraction of sp³-hybridized carbons (Fsp3) is 1.00. The molecule has 2 aliphatic rings. The Bertz CT molecular complexity index is 201. The lowest BCUT2D eigenvalue weighted by molar-refractivity contribution is -0.182. The number of nitrogens with zero attached hydrogens (tertiary/aromatic N) is 1. The first-order valence-electron chi connectivity index (χ1n) is 5.12. The van der Waals surface area contributed by atoms with Crippen LogP contribution in [-0.4, -0.2) is 42.8 Å². The molecule has 82 valence electrons. The second-order valence-electron chi connectivity index (χ2n) is 4.08. The lowest BCUT2D eigenvalue weighted by Crippen LogP contribution is -2.50. The second kappa shape index (κ2) is 3.70. The summed E-state index contributed by atoms with van der Waals surface area (Å²) in [6, 6.07) is -1.07. The smallest absolute Gasteiger partial charge is 0.315 e. The second-order valence-corrected chi connectivity index (χ2v) is 4.08. The summed E-state index contributed by atoms with van der Waals surface area (Å²) in [4.78, 5) is 1.64. The fourth-order valence-corrected chi connectivity index (χ4v) is 2.05. The Morgan fingerprint density at radius 1 is 1.21 bits per heavy atom. The van der Waals surface area contributed by atoms with E-state index in [1.165, 1.54) is 0 Å². The summed E-state index contributed by atoms with van der Waals surface area (Å²) >= 11 is 0. The maximum atomic E-state index is 12.7. The molecule has 1 saturated carbocycles. The van der Waals surface area contributed by atoms with Crippen LogP contribution in [0.25, 0.3) is 0 Å². The molecule has 2 fully saturated rings. The van der Waals surface area contributed by atoms with Crippen molar-refractivity contribution in [1.82, 2.24) is 10.2 Å². The van der Waals surface area contributed by atoms with E-state index < -0.39 is 12.2 Å². The lowest BCUT2D eigenvalue weighted by atomic mass is 10.2. The average molecular weight is 208 g/mol. The van der Waals surface area contributed by atoms with Crippen LogP contribution in [0.2, 0.25) is 0 Å². The van der Waals surface area contributed by atoms with Crippen molar-refractivity contribution in [1.29, 1.82) is 0 Å². The summed E-state index contributed by atoms with van der Waals surface area (Å²) in [6.45, 7) is 1.34. The molecule has 2 nitrogen and oxygen atoms in total. The number of hydrogen-bond donors (Lipinski definition) is 1. The summed E-state index contributed by atoms with van der Waals surface area (Å²) < 4.78 is 38.0. The Hall–Kier alpha value is -0.290. The Labute approximate surface area is 81.5 Å². The number of hydrogen-bond acceptors (Lipinski definition) is 2. The molecule has 0 radical (unpaired) electrons. The van der Waals surface area contributed by atoms with Crippen molar-refractivity contribution in [3.05, 3.63) is 0 Å². The van der Waals surface area contributed by atoms with Gasteiger partial charge in [0.1, 0.15) is 6.04 Å². The Kier molecular flexibility index (Phi) is 2.70. The monoisotopic (exact) mass is 208 g/mol.